The lowest BCUT2D eigenvalue weighted by atomic mass is 10.1. The smallest absolute Gasteiger partial charge is 0.325 e. The maximum Gasteiger partial charge on any atom is 0.325 e. The number of aryl methyl sites for hydroxylation is 1. The van der Waals surface area contributed by atoms with Crippen LogP contribution in [0, 0.1) is 0 Å². The number of rotatable bonds is 8. The zero-order valence-corrected chi connectivity index (χ0v) is 19.5. The van der Waals surface area contributed by atoms with Crippen LogP contribution < -0.4 is 10.6 Å². The van der Waals surface area contributed by atoms with E-state index in [0.717, 1.165) is 19.3 Å². The van der Waals surface area contributed by atoms with Crippen LogP contribution in [0.25, 0.3) is 0 Å². The van der Waals surface area contributed by atoms with Gasteiger partial charge in [-0.1, -0.05) is 18.6 Å². The molecule has 1 aliphatic heterocycles. The third-order valence-corrected chi connectivity index (χ3v) is 7.26. The molecule has 0 bridgehead atoms. The lowest BCUT2D eigenvalue weighted by molar-refractivity contribution is -0.141. The van der Waals surface area contributed by atoms with Crippen molar-refractivity contribution in [3.63, 3.8) is 0 Å². The van der Waals surface area contributed by atoms with Crippen molar-refractivity contribution in [2.75, 3.05) is 32.1 Å². The fourth-order valence-electron chi connectivity index (χ4n) is 3.55. The van der Waals surface area contributed by atoms with Gasteiger partial charge < -0.3 is 19.9 Å². The second-order valence-corrected chi connectivity index (χ2v) is 9.76. The maximum atomic E-state index is 12.9. The topological polar surface area (TPSA) is 127 Å². The summed E-state index contributed by atoms with van der Waals surface area (Å²) < 4.78 is 33.2. The van der Waals surface area contributed by atoms with Crippen LogP contribution in [0.5, 0.6) is 0 Å². The summed E-state index contributed by atoms with van der Waals surface area (Å²) in [7, 11) is -0.767. The Balaban J connectivity index is 1.62. The Labute approximate surface area is 192 Å². The van der Waals surface area contributed by atoms with Crippen molar-refractivity contribution in [3.05, 3.63) is 47.8 Å². The summed E-state index contributed by atoms with van der Waals surface area (Å²) in [4.78, 5) is 35.8. The molecule has 0 saturated carbocycles. The molecule has 1 aromatic heterocycles. The first-order chi connectivity index (χ1) is 15.7. The zero-order chi connectivity index (χ0) is 24.0. The molecule has 3 rings (SSSR count). The van der Waals surface area contributed by atoms with E-state index in [1.165, 1.54) is 28.2 Å². The highest BCUT2D eigenvalue weighted by atomic mass is 32.2. The molecular weight excluding hydrogens is 448 g/mol. The Bertz CT molecular complexity index is 1120. The molecule has 2 amide bonds. The minimum atomic E-state index is -3.63. The quantitative estimate of drug-likeness (QED) is 0.553. The molecule has 1 aromatic carbocycles. The monoisotopic (exact) mass is 476 g/mol. The van der Waals surface area contributed by atoms with Gasteiger partial charge in [-0.25, -0.2) is 8.42 Å². The van der Waals surface area contributed by atoms with E-state index in [0.29, 0.717) is 24.3 Å². The first kappa shape index (κ1) is 24.5. The number of nitrogens with zero attached hydrogens (tertiary/aromatic N) is 2. The van der Waals surface area contributed by atoms with Gasteiger partial charge in [-0.15, -0.1) is 0 Å². The van der Waals surface area contributed by atoms with Crippen LogP contribution in [0.15, 0.2) is 41.4 Å². The number of esters is 1. The molecule has 33 heavy (non-hydrogen) atoms. The number of sulfonamides is 1. The second-order valence-electron chi connectivity index (χ2n) is 7.82. The van der Waals surface area contributed by atoms with Crippen molar-refractivity contribution in [2.24, 2.45) is 7.05 Å². The van der Waals surface area contributed by atoms with E-state index in [9.17, 15) is 22.8 Å². The standard InChI is InChI=1S/C22H28N4O6S/c1-25-15-18(33(30,31)26-10-4-3-5-11-26)13-19(25)22(29)24-17-8-6-16(7-9-17)12-20(27)23-14-21(28)32-2/h6-9,13,15H,3-5,10-12,14H2,1-2H3,(H,23,27)(H,24,29). The first-order valence-corrected chi connectivity index (χ1v) is 12.0. The number of piperidine rings is 1. The molecule has 2 heterocycles. The summed E-state index contributed by atoms with van der Waals surface area (Å²) in [5.74, 6) is -1.31. The minimum absolute atomic E-state index is 0.0702. The third-order valence-electron chi connectivity index (χ3n) is 5.40. The largest absolute Gasteiger partial charge is 0.468 e. The summed E-state index contributed by atoms with van der Waals surface area (Å²) >= 11 is 0. The molecule has 0 aliphatic carbocycles. The molecule has 0 atom stereocenters. The highest BCUT2D eigenvalue weighted by Crippen LogP contribution is 2.23. The average molecular weight is 477 g/mol. The molecule has 0 spiro atoms. The van der Waals surface area contributed by atoms with Gasteiger partial charge in [0.05, 0.1) is 13.5 Å². The van der Waals surface area contributed by atoms with Crippen molar-refractivity contribution >= 4 is 33.5 Å². The highest BCUT2D eigenvalue weighted by Gasteiger charge is 2.28. The van der Waals surface area contributed by atoms with Crippen LogP contribution in [0.4, 0.5) is 5.69 Å². The predicted octanol–water partition coefficient (Wildman–Crippen LogP) is 1.28. The van der Waals surface area contributed by atoms with E-state index < -0.39 is 21.9 Å². The van der Waals surface area contributed by atoms with E-state index in [-0.39, 0.29) is 29.5 Å². The first-order valence-electron chi connectivity index (χ1n) is 10.6. The van der Waals surface area contributed by atoms with Crippen molar-refractivity contribution in [2.45, 2.75) is 30.6 Å². The number of ether oxygens (including phenoxy) is 1. The Morgan fingerprint density at radius 3 is 2.36 bits per heavy atom. The molecule has 11 heteroatoms. The minimum Gasteiger partial charge on any atom is -0.468 e. The molecule has 10 nitrogen and oxygen atoms in total. The lowest BCUT2D eigenvalue weighted by Crippen LogP contribution is -2.35. The van der Waals surface area contributed by atoms with Gasteiger partial charge in [0.1, 0.15) is 17.1 Å². The van der Waals surface area contributed by atoms with Crippen LogP contribution in [-0.4, -0.2) is 61.8 Å². The number of hydrogen-bond acceptors (Lipinski definition) is 6. The van der Waals surface area contributed by atoms with Gasteiger partial charge in [-0.2, -0.15) is 4.31 Å². The number of carbonyl (C=O) groups is 3. The Kier molecular flexibility index (Phi) is 7.88. The summed E-state index contributed by atoms with van der Waals surface area (Å²) in [6.45, 7) is 0.785. The molecule has 1 aliphatic rings. The summed E-state index contributed by atoms with van der Waals surface area (Å²) in [6, 6.07) is 8.05. The van der Waals surface area contributed by atoms with Crippen LogP contribution in [0.1, 0.15) is 35.3 Å². The molecule has 1 fully saturated rings. The molecular formula is C22H28N4O6S. The van der Waals surface area contributed by atoms with Crippen molar-refractivity contribution in [1.82, 2.24) is 14.2 Å². The summed E-state index contributed by atoms with van der Waals surface area (Å²) in [6.07, 6.45) is 4.21. The zero-order valence-electron chi connectivity index (χ0n) is 18.7. The SMILES string of the molecule is COC(=O)CNC(=O)Cc1ccc(NC(=O)c2cc(S(=O)(=O)N3CCCCC3)cn2C)cc1. The Morgan fingerprint density at radius 1 is 1.06 bits per heavy atom. The maximum absolute atomic E-state index is 12.9. The second kappa shape index (κ2) is 10.6. The highest BCUT2D eigenvalue weighted by molar-refractivity contribution is 7.89. The van der Waals surface area contributed by atoms with Gasteiger partial charge in [-0.05, 0) is 36.6 Å². The number of anilines is 1. The fourth-order valence-corrected chi connectivity index (χ4v) is 5.14. The van der Waals surface area contributed by atoms with Gasteiger partial charge >= 0.3 is 5.97 Å². The number of methoxy groups -OCH3 is 1. The summed E-state index contributed by atoms with van der Waals surface area (Å²) in [5, 5.41) is 5.20. The molecule has 1 saturated heterocycles. The average Bonchev–Trinajstić information content (AvgIpc) is 3.22. The van der Waals surface area contributed by atoms with E-state index >= 15 is 0 Å². The van der Waals surface area contributed by atoms with Crippen LogP contribution >= 0.6 is 0 Å². The van der Waals surface area contributed by atoms with Gasteiger partial charge in [-0.3, -0.25) is 14.4 Å². The van der Waals surface area contributed by atoms with Crippen LogP contribution in [-0.2, 0) is 37.8 Å². The van der Waals surface area contributed by atoms with E-state index in [2.05, 4.69) is 15.4 Å². The Morgan fingerprint density at radius 2 is 1.73 bits per heavy atom. The number of aromatic nitrogens is 1. The Hall–Kier alpha value is -3.18. The molecule has 0 radical (unpaired) electrons. The number of amides is 2. The van der Waals surface area contributed by atoms with Gasteiger partial charge in [0.25, 0.3) is 5.91 Å². The van der Waals surface area contributed by atoms with Crippen molar-refractivity contribution < 1.29 is 27.5 Å². The fraction of sp³-hybridized carbons (Fsp3) is 0.409. The summed E-state index contributed by atoms with van der Waals surface area (Å²) in [5.41, 5.74) is 1.42. The number of nitrogens with one attached hydrogen (secondary N) is 2. The van der Waals surface area contributed by atoms with Crippen molar-refractivity contribution in [1.29, 1.82) is 0 Å². The predicted molar refractivity (Wildman–Crippen MR) is 121 cm³/mol. The third kappa shape index (κ3) is 6.20. The lowest BCUT2D eigenvalue weighted by Gasteiger charge is -2.25. The van der Waals surface area contributed by atoms with E-state index in [1.807, 2.05) is 0 Å². The number of carbonyl (C=O) groups excluding carboxylic acids is 3. The van der Waals surface area contributed by atoms with Gasteiger partial charge in [0.15, 0.2) is 0 Å². The molecule has 0 unspecified atom stereocenters. The van der Waals surface area contributed by atoms with E-state index in [1.54, 1.807) is 31.3 Å². The van der Waals surface area contributed by atoms with Crippen LogP contribution in [0.2, 0.25) is 0 Å². The van der Waals surface area contributed by atoms with Gasteiger partial charge in [0, 0.05) is 32.0 Å². The van der Waals surface area contributed by atoms with Crippen molar-refractivity contribution in [3.8, 4) is 0 Å². The normalized spacial score (nSPS) is 14.5. The number of hydrogen-bond donors (Lipinski definition) is 2. The van der Waals surface area contributed by atoms with Crippen LogP contribution in [0.3, 0.4) is 0 Å². The molecule has 2 aromatic rings. The van der Waals surface area contributed by atoms with E-state index in [4.69, 9.17) is 0 Å². The molecule has 178 valence electrons. The number of benzene rings is 1. The van der Waals surface area contributed by atoms with Gasteiger partial charge in [0.2, 0.25) is 15.9 Å². The molecule has 2 N–H and O–H groups in total.